The van der Waals surface area contributed by atoms with Crippen molar-refractivity contribution < 1.29 is 14.0 Å². The van der Waals surface area contributed by atoms with Gasteiger partial charge in [-0.25, -0.2) is 9.37 Å². The lowest BCUT2D eigenvalue weighted by atomic mass is 10.0. The van der Waals surface area contributed by atoms with Crippen molar-refractivity contribution in [3.8, 4) is 5.69 Å². The number of thiazole rings is 1. The standard InChI is InChI=1S/C26H24FN5O2S/c27-18-5-7-19(8-6-18)32-15-22(21-3-1-2-4-24(21)32)25(33)31-13-20(14-31)29-9-11-30(12-10-29)26(34)23-16-35-17-28-23/h1-8,15-17,20H,9-14H2. The summed E-state index contributed by atoms with van der Waals surface area (Å²) in [5, 5.41) is 2.68. The summed E-state index contributed by atoms with van der Waals surface area (Å²) in [4.78, 5) is 36.2. The molecule has 2 aliphatic heterocycles. The molecular weight excluding hydrogens is 465 g/mol. The summed E-state index contributed by atoms with van der Waals surface area (Å²) in [5.41, 5.74) is 4.58. The minimum Gasteiger partial charge on any atom is -0.335 e. The highest BCUT2D eigenvalue weighted by Gasteiger charge is 2.37. The van der Waals surface area contributed by atoms with Gasteiger partial charge in [0.05, 0.1) is 16.6 Å². The van der Waals surface area contributed by atoms with Crippen LogP contribution in [0.2, 0.25) is 0 Å². The molecule has 0 N–H and O–H groups in total. The van der Waals surface area contributed by atoms with E-state index in [-0.39, 0.29) is 17.6 Å². The molecule has 4 aromatic rings. The Balaban J connectivity index is 1.12. The van der Waals surface area contributed by atoms with Crippen LogP contribution in [0.25, 0.3) is 16.6 Å². The average molecular weight is 490 g/mol. The Kier molecular flexibility index (Phi) is 5.58. The van der Waals surface area contributed by atoms with Gasteiger partial charge >= 0.3 is 0 Å². The third kappa shape index (κ3) is 4.00. The van der Waals surface area contributed by atoms with E-state index in [1.165, 1.54) is 23.5 Å². The lowest BCUT2D eigenvalue weighted by Crippen LogP contribution is -2.64. The van der Waals surface area contributed by atoms with E-state index in [1.807, 2.05) is 44.8 Å². The Morgan fingerprint density at radius 1 is 0.914 bits per heavy atom. The van der Waals surface area contributed by atoms with Crippen LogP contribution in [0.5, 0.6) is 0 Å². The van der Waals surface area contributed by atoms with Gasteiger partial charge in [0.25, 0.3) is 11.8 Å². The second-order valence-electron chi connectivity index (χ2n) is 8.97. The van der Waals surface area contributed by atoms with Crippen LogP contribution >= 0.6 is 11.3 Å². The molecule has 0 radical (unpaired) electrons. The summed E-state index contributed by atoms with van der Waals surface area (Å²) in [5.74, 6) is -0.286. The molecule has 0 aliphatic carbocycles. The summed E-state index contributed by atoms with van der Waals surface area (Å²) in [6.07, 6.45) is 1.86. The van der Waals surface area contributed by atoms with Crippen LogP contribution in [0.4, 0.5) is 4.39 Å². The lowest BCUT2D eigenvalue weighted by molar-refractivity contribution is 0.00854. The number of piperazine rings is 1. The van der Waals surface area contributed by atoms with Gasteiger partial charge in [-0.15, -0.1) is 11.3 Å². The smallest absolute Gasteiger partial charge is 0.273 e. The van der Waals surface area contributed by atoms with Crippen molar-refractivity contribution in [2.75, 3.05) is 39.3 Å². The number of nitrogens with zero attached hydrogens (tertiary/aromatic N) is 5. The summed E-state index contributed by atoms with van der Waals surface area (Å²) in [6.45, 7) is 4.29. The van der Waals surface area contributed by atoms with E-state index in [1.54, 1.807) is 23.0 Å². The second kappa shape index (κ2) is 8.90. The molecule has 4 heterocycles. The minimum atomic E-state index is -0.290. The number of benzene rings is 2. The molecule has 9 heteroatoms. The van der Waals surface area contributed by atoms with E-state index in [0.717, 1.165) is 29.7 Å². The lowest BCUT2D eigenvalue weighted by Gasteiger charge is -2.48. The number of halogens is 1. The summed E-state index contributed by atoms with van der Waals surface area (Å²) < 4.78 is 15.4. The number of carbonyl (C=O) groups is 2. The maximum Gasteiger partial charge on any atom is 0.273 e. The van der Waals surface area contributed by atoms with Gasteiger partial charge in [0.15, 0.2) is 0 Å². The van der Waals surface area contributed by atoms with E-state index >= 15 is 0 Å². The normalized spacial score (nSPS) is 17.1. The van der Waals surface area contributed by atoms with Crippen molar-refractivity contribution in [3.05, 3.63) is 82.7 Å². The van der Waals surface area contributed by atoms with Gasteiger partial charge in [-0.3, -0.25) is 14.5 Å². The molecule has 6 rings (SSSR count). The van der Waals surface area contributed by atoms with Crippen LogP contribution < -0.4 is 0 Å². The number of hydrogen-bond acceptors (Lipinski definition) is 5. The maximum atomic E-state index is 13.4. The van der Waals surface area contributed by atoms with Crippen LogP contribution in [0.3, 0.4) is 0 Å². The molecule has 0 unspecified atom stereocenters. The first-order valence-corrected chi connectivity index (χ1v) is 12.6. The molecule has 2 aromatic heterocycles. The van der Waals surface area contributed by atoms with Crippen LogP contribution in [-0.4, -0.2) is 81.4 Å². The van der Waals surface area contributed by atoms with Crippen LogP contribution in [0.1, 0.15) is 20.8 Å². The highest BCUT2D eigenvalue weighted by Crippen LogP contribution is 2.28. The molecule has 2 amide bonds. The van der Waals surface area contributed by atoms with Gasteiger partial charge in [-0.1, -0.05) is 18.2 Å². The van der Waals surface area contributed by atoms with Gasteiger partial charge in [-0.2, -0.15) is 0 Å². The molecule has 2 aliphatic rings. The van der Waals surface area contributed by atoms with E-state index in [2.05, 4.69) is 9.88 Å². The highest BCUT2D eigenvalue weighted by molar-refractivity contribution is 7.07. The zero-order valence-electron chi connectivity index (χ0n) is 19.0. The molecule has 0 atom stereocenters. The minimum absolute atomic E-state index is 0.00569. The van der Waals surface area contributed by atoms with E-state index in [4.69, 9.17) is 0 Å². The first-order valence-electron chi connectivity index (χ1n) is 11.7. The average Bonchev–Trinajstić information content (AvgIpc) is 3.52. The first kappa shape index (κ1) is 21.9. The van der Waals surface area contributed by atoms with Crippen molar-refractivity contribution in [2.45, 2.75) is 6.04 Å². The number of amides is 2. The molecule has 7 nitrogen and oxygen atoms in total. The van der Waals surface area contributed by atoms with Crippen LogP contribution in [0, 0.1) is 5.82 Å². The number of carbonyl (C=O) groups excluding carboxylic acids is 2. The topological polar surface area (TPSA) is 61.7 Å². The van der Waals surface area contributed by atoms with E-state index < -0.39 is 0 Å². The fraction of sp³-hybridized carbons (Fsp3) is 0.269. The molecule has 2 fully saturated rings. The van der Waals surface area contributed by atoms with Crippen molar-refractivity contribution in [2.24, 2.45) is 0 Å². The molecule has 178 valence electrons. The predicted molar refractivity (Wildman–Crippen MR) is 133 cm³/mol. The molecule has 0 bridgehead atoms. The Labute approximate surface area is 206 Å². The number of para-hydroxylation sites is 1. The van der Waals surface area contributed by atoms with E-state index in [0.29, 0.717) is 43.5 Å². The second-order valence-corrected chi connectivity index (χ2v) is 9.69. The fourth-order valence-corrected chi connectivity index (χ4v) is 5.48. The number of likely N-dealkylation sites (tertiary alicyclic amines) is 1. The van der Waals surface area contributed by atoms with E-state index in [9.17, 15) is 14.0 Å². The first-order chi connectivity index (χ1) is 17.1. The van der Waals surface area contributed by atoms with Crippen molar-refractivity contribution in [1.29, 1.82) is 0 Å². The van der Waals surface area contributed by atoms with Gasteiger partial charge in [-0.05, 0) is 30.3 Å². The predicted octanol–water partition coefficient (Wildman–Crippen LogP) is 3.51. The zero-order chi connectivity index (χ0) is 23.9. The number of rotatable bonds is 4. The SMILES string of the molecule is O=C(c1cscn1)N1CCN(C2CN(C(=O)c3cn(-c4ccc(F)cc4)c4ccccc34)C2)CC1. The van der Waals surface area contributed by atoms with Crippen LogP contribution in [0.15, 0.2) is 65.6 Å². The van der Waals surface area contributed by atoms with Gasteiger partial charge < -0.3 is 14.4 Å². The third-order valence-corrected chi connectivity index (χ3v) is 7.55. The molecular formula is C26H24FN5O2S. The third-order valence-electron chi connectivity index (χ3n) is 6.97. The Morgan fingerprint density at radius 2 is 1.66 bits per heavy atom. The number of hydrogen-bond donors (Lipinski definition) is 0. The largest absolute Gasteiger partial charge is 0.335 e. The van der Waals surface area contributed by atoms with Gasteiger partial charge in [0, 0.05) is 68.0 Å². The van der Waals surface area contributed by atoms with Gasteiger partial charge in [0.1, 0.15) is 11.5 Å². The molecule has 0 saturated carbocycles. The summed E-state index contributed by atoms with van der Waals surface area (Å²) >= 11 is 1.43. The fourth-order valence-electron chi connectivity index (χ4n) is 4.96. The number of aromatic nitrogens is 2. The van der Waals surface area contributed by atoms with Crippen molar-refractivity contribution in [3.63, 3.8) is 0 Å². The zero-order valence-corrected chi connectivity index (χ0v) is 19.8. The highest BCUT2D eigenvalue weighted by atomic mass is 32.1. The van der Waals surface area contributed by atoms with Gasteiger partial charge in [0.2, 0.25) is 0 Å². The molecule has 2 saturated heterocycles. The van der Waals surface area contributed by atoms with Crippen molar-refractivity contribution >= 4 is 34.1 Å². The van der Waals surface area contributed by atoms with Crippen LogP contribution in [-0.2, 0) is 0 Å². The summed E-state index contributed by atoms with van der Waals surface area (Å²) in [6, 6.07) is 14.4. The monoisotopic (exact) mass is 489 g/mol. The number of fused-ring (bicyclic) bond motifs is 1. The maximum absolute atomic E-state index is 13.4. The molecule has 2 aromatic carbocycles. The Morgan fingerprint density at radius 3 is 2.37 bits per heavy atom. The molecule has 0 spiro atoms. The Bertz CT molecular complexity index is 1370. The Hall–Kier alpha value is -3.56. The summed E-state index contributed by atoms with van der Waals surface area (Å²) in [7, 11) is 0. The molecule has 35 heavy (non-hydrogen) atoms. The quantitative estimate of drug-likeness (QED) is 0.440. The van der Waals surface area contributed by atoms with Crippen molar-refractivity contribution in [1.82, 2.24) is 24.3 Å².